The SMILES string of the molecule is NC(c1cncc(Br)c1)c1cc2cccc(F)c2o1. The van der Waals surface area contributed by atoms with Crippen LogP contribution in [0.25, 0.3) is 11.0 Å². The molecule has 1 atom stereocenters. The van der Waals surface area contributed by atoms with Gasteiger partial charge in [0, 0.05) is 22.3 Å². The highest BCUT2D eigenvalue weighted by molar-refractivity contribution is 9.10. The van der Waals surface area contributed by atoms with Crippen molar-refractivity contribution in [1.82, 2.24) is 4.98 Å². The Labute approximate surface area is 117 Å². The maximum absolute atomic E-state index is 13.6. The number of rotatable bonds is 2. The van der Waals surface area contributed by atoms with Crippen molar-refractivity contribution in [2.24, 2.45) is 5.73 Å². The van der Waals surface area contributed by atoms with Crippen molar-refractivity contribution >= 4 is 26.9 Å². The van der Waals surface area contributed by atoms with E-state index in [0.717, 1.165) is 10.0 Å². The lowest BCUT2D eigenvalue weighted by molar-refractivity contribution is 0.502. The second-order valence-electron chi connectivity index (χ2n) is 4.22. The Kier molecular flexibility index (Phi) is 3.08. The first-order chi connectivity index (χ1) is 9.15. The molecular formula is C14H10BrFN2O. The van der Waals surface area contributed by atoms with E-state index >= 15 is 0 Å². The van der Waals surface area contributed by atoms with Crippen LogP contribution in [0.5, 0.6) is 0 Å². The number of fused-ring (bicyclic) bond motifs is 1. The number of nitrogens with two attached hydrogens (primary N) is 1. The Morgan fingerprint density at radius 3 is 2.84 bits per heavy atom. The minimum Gasteiger partial charge on any atom is -0.456 e. The van der Waals surface area contributed by atoms with Crippen LogP contribution in [-0.2, 0) is 0 Å². The first kappa shape index (κ1) is 12.3. The number of furan rings is 1. The summed E-state index contributed by atoms with van der Waals surface area (Å²) in [6.07, 6.45) is 3.34. The molecule has 0 aliphatic heterocycles. The zero-order chi connectivity index (χ0) is 13.4. The van der Waals surface area contributed by atoms with E-state index in [4.69, 9.17) is 10.2 Å². The average Bonchev–Trinajstić information content (AvgIpc) is 2.83. The van der Waals surface area contributed by atoms with Gasteiger partial charge in [0.1, 0.15) is 5.76 Å². The van der Waals surface area contributed by atoms with Crippen LogP contribution in [0.15, 0.2) is 51.6 Å². The van der Waals surface area contributed by atoms with Gasteiger partial charge in [0.25, 0.3) is 0 Å². The summed E-state index contributed by atoms with van der Waals surface area (Å²) in [7, 11) is 0. The molecule has 0 fully saturated rings. The normalized spacial score (nSPS) is 12.8. The van der Waals surface area contributed by atoms with Crippen LogP contribution in [-0.4, -0.2) is 4.98 Å². The molecule has 0 aliphatic rings. The van der Waals surface area contributed by atoms with E-state index in [1.807, 2.05) is 6.07 Å². The van der Waals surface area contributed by atoms with Gasteiger partial charge < -0.3 is 10.2 Å². The molecule has 2 N–H and O–H groups in total. The van der Waals surface area contributed by atoms with E-state index < -0.39 is 6.04 Å². The Balaban J connectivity index is 2.06. The molecule has 3 rings (SSSR count). The molecular weight excluding hydrogens is 311 g/mol. The molecule has 1 unspecified atom stereocenters. The number of para-hydroxylation sites is 1. The number of hydrogen-bond acceptors (Lipinski definition) is 3. The maximum Gasteiger partial charge on any atom is 0.169 e. The van der Waals surface area contributed by atoms with Gasteiger partial charge in [-0.05, 0) is 39.7 Å². The van der Waals surface area contributed by atoms with Crippen LogP contribution >= 0.6 is 15.9 Å². The van der Waals surface area contributed by atoms with Crippen LogP contribution in [0.2, 0.25) is 0 Å². The van der Waals surface area contributed by atoms with Crippen molar-refractivity contribution in [1.29, 1.82) is 0 Å². The topological polar surface area (TPSA) is 52.0 Å². The predicted octanol–water partition coefficient (Wildman–Crippen LogP) is 3.78. The monoisotopic (exact) mass is 320 g/mol. The number of hydrogen-bond donors (Lipinski definition) is 1. The molecule has 0 saturated carbocycles. The van der Waals surface area contributed by atoms with Crippen molar-refractivity contribution in [3.8, 4) is 0 Å². The molecule has 0 amide bonds. The van der Waals surface area contributed by atoms with Crippen LogP contribution in [0.3, 0.4) is 0 Å². The second-order valence-corrected chi connectivity index (χ2v) is 5.14. The van der Waals surface area contributed by atoms with Gasteiger partial charge in [0.05, 0.1) is 6.04 Å². The van der Waals surface area contributed by atoms with Gasteiger partial charge in [-0.3, -0.25) is 4.98 Å². The van der Waals surface area contributed by atoms with E-state index in [1.54, 1.807) is 30.6 Å². The van der Waals surface area contributed by atoms with Crippen LogP contribution in [0, 0.1) is 5.82 Å². The third-order valence-electron chi connectivity index (χ3n) is 2.91. The fourth-order valence-corrected chi connectivity index (χ4v) is 2.35. The zero-order valence-corrected chi connectivity index (χ0v) is 11.4. The van der Waals surface area contributed by atoms with Gasteiger partial charge >= 0.3 is 0 Å². The number of nitrogens with zero attached hydrogens (tertiary/aromatic N) is 1. The highest BCUT2D eigenvalue weighted by atomic mass is 79.9. The number of pyridine rings is 1. The number of benzene rings is 1. The standard InChI is InChI=1S/C14H10BrFN2O/c15-10-4-9(6-18-7-10)13(17)12-5-8-2-1-3-11(16)14(8)19-12/h1-7,13H,17H2. The fourth-order valence-electron chi connectivity index (χ4n) is 1.96. The smallest absolute Gasteiger partial charge is 0.169 e. The van der Waals surface area contributed by atoms with Gasteiger partial charge in [0.15, 0.2) is 11.4 Å². The molecule has 0 spiro atoms. The van der Waals surface area contributed by atoms with Crippen LogP contribution < -0.4 is 5.73 Å². The van der Waals surface area contributed by atoms with E-state index in [9.17, 15) is 4.39 Å². The van der Waals surface area contributed by atoms with Crippen molar-refractivity contribution in [3.05, 3.63) is 64.3 Å². The van der Waals surface area contributed by atoms with E-state index in [-0.39, 0.29) is 11.4 Å². The highest BCUT2D eigenvalue weighted by Gasteiger charge is 2.16. The summed E-state index contributed by atoms with van der Waals surface area (Å²) >= 11 is 3.34. The molecule has 0 radical (unpaired) electrons. The first-order valence-electron chi connectivity index (χ1n) is 5.69. The van der Waals surface area contributed by atoms with Crippen molar-refractivity contribution in [3.63, 3.8) is 0 Å². The Morgan fingerprint density at radius 2 is 2.11 bits per heavy atom. The summed E-state index contributed by atoms with van der Waals surface area (Å²) in [5.74, 6) is 0.128. The summed E-state index contributed by atoms with van der Waals surface area (Å²) < 4.78 is 19.9. The Hall–Kier alpha value is -1.72. The second kappa shape index (κ2) is 4.75. The highest BCUT2D eigenvalue weighted by Crippen LogP contribution is 2.28. The molecule has 19 heavy (non-hydrogen) atoms. The summed E-state index contributed by atoms with van der Waals surface area (Å²) in [6, 6.07) is 7.93. The minimum absolute atomic E-state index is 0.232. The lowest BCUT2D eigenvalue weighted by Gasteiger charge is -2.08. The molecule has 96 valence electrons. The van der Waals surface area contributed by atoms with Gasteiger partial charge in [-0.15, -0.1) is 0 Å². The molecule has 2 heterocycles. The summed E-state index contributed by atoms with van der Waals surface area (Å²) in [6.45, 7) is 0. The van der Waals surface area contributed by atoms with E-state index in [0.29, 0.717) is 11.1 Å². The van der Waals surface area contributed by atoms with Crippen molar-refractivity contribution in [2.45, 2.75) is 6.04 Å². The largest absolute Gasteiger partial charge is 0.456 e. The van der Waals surface area contributed by atoms with E-state index in [2.05, 4.69) is 20.9 Å². The Morgan fingerprint density at radius 1 is 1.26 bits per heavy atom. The average molecular weight is 321 g/mol. The van der Waals surface area contributed by atoms with Gasteiger partial charge in [-0.1, -0.05) is 12.1 Å². The van der Waals surface area contributed by atoms with Gasteiger partial charge in [-0.25, -0.2) is 4.39 Å². The molecule has 3 aromatic rings. The number of aromatic nitrogens is 1. The van der Waals surface area contributed by atoms with Crippen LogP contribution in [0.4, 0.5) is 4.39 Å². The molecule has 0 bridgehead atoms. The lowest BCUT2D eigenvalue weighted by atomic mass is 10.1. The predicted molar refractivity (Wildman–Crippen MR) is 74.1 cm³/mol. The van der Waals surface area contributed by atoms with Crippen LogP contribution in [0.1, 0.15) is 17.4 Å². The third-order valence-corrected chi connectivity index (χ3v) is 3.34. The summed E-state index contributed by atoms with van der Waals surface area (Å²) in [5, 5.41) is 0.702. The molecule has 0 aliphatic carbocycles. The van der Waals surface area contributed by atoms with E-state index in [1.165, 1.54) is 6.07 Å². The summed E-state index contributed by atoms with van der Waals surface area (Å²) in [4.78, 5) is 4.06. The van der Waals surface area contributed by atoms with Gasteiger partial charge in [0.2, 0.25) is 0 Å². The molecule has 5 heteroatoms. The zero-order valence-electron chi connectivity index (χ0n) is 9.81. The third kappa shape index (κ3) is 2.27. The molecule has 2 aromatic heterocycles. The lowest BCUT2D eigenvalue weighted by Crippen LogP contribution is -2.11. The quantitative estimate of drug-likeness (QED) is 0.781. The fraction of sp³-hybridized carbons (Fsp3) is 0.0714. The number of halogens is 2. The molecule has 1 aromatic carbocycles. The summed E-state index contributed by atoms with van der Waals surface area (Å²) in [5.41, 5.74) is 7.15. The maximum atomic E-state index is 13.6. The molecule has 3 nitrogen and oxygen atoms in total. The minimum atomic E-state index is -0.475. The van der Waals surface area contributed by atoms with Crippen molar-refractivity contribution < 1.29 is 8.81 Å². The Bertz CT molecular complexity index is 741. The van der Waals surface area contributed by atoms with Crippen molar-refractivity contribution in [2.75, 3.05) is 0 Å². The van der Waals surface area contributed by atoms with Gasteiger partial charge in [-0.2, -0.15) is 0 Å². The molecule has 0 saturated heterocycles. The first-order valence-corrected chi connectivity index (χ1v) is 6.48.